The molecule has 0 aliphatic rings. The molecule has 0 saturated heterocycles. The standard InChI is InChI=1S/C44H40N8/c1-50(21-20-32-25-34(47-33-11-3-2-4-12-33)26-40-38-15-6-8-17-42(38)49-44(32)40)28-31-10-9-13-35(24-31)52(23-22-51-30-45-29-46-51)36-18-19-43-39(27-36)37-14-5-7-16-41(37)48-43/h2-19,24-27,29-30,47-49H,20-23,28H2,1H3. The summed E-state index contributed by atoms with van der Waals surface area (Å²) < 4.78 is 1.89. The summed E-state index contributed by atoms with van der Waals surface area (Å²) in [5, 5.41) is 13.0. The second kappa shape index (κ2) is 13.7. The molecule has 6 aromatic carbocycles. The van der Waals surface area contributed by atoms with Crippen molar-refractivity contribution in [3.05, 3.63) is 157 Å². The number of rotatable bonds is 12. The molecule has 3 N–H and O–H groups in total. The first kappa shape index (κ1) is 31.6. The molecule has 0 fully saturated rings. The summed E-state index contributed by atoms with van der Waals surface area (Å²) in [5.74, 6) is 0. The van der Waals surface area contributed by atoms with Crippen LogP contribution in [-0.2, 0) is 19.5 Å². The van der Waals surface area contributed by atoms with Gasteiger partial charge in [-0.05, 0) is 91.3 Å². The number of H-pyrrole nitrogens is 2. The first-order valence-corrected chi connectivity index (χ1v) is 17.9. The molecule has 0 bridgehead atoms. The highest BCUT2D eigenvalue weighted by Crippen LogP contribution is 2.34. The minimum absolute atomic E-state index is 0.719. The van der Waals surface area contributed by atoms with Gasteiger partial charge in [0.05, 0.1) is 6.54 Å². The zero-order valence-electron chi connectivity index (χ0n) is 29.1. The van der Waals surface area contributed by atoms with Gasteiger partial charge in [0.25, 0.3) is 0 Å². The van der Waals surface area contributed by atoms with Gasteiger partial charge < -0.3 is 25.1 Å². The fraction of sp³-hybridized carbons (Fsp3) is 0.136. The monoisotopic (exact) mass is 680 g/mol. The Balaban J connectivity index is 0.975. The molecule has 52 heavy (non-hydrogen) atoms. The maximum atomic E-state index is 4.38. The summed E-state index contributed by atoms with van der Waals surface area (Å²) in [4.78, 5) is 16.3. The van der Waals surface area contributed by atoms with Gasteiger partial charge in [0.1, 0.15) is 12.7 Å². The molecule has 0 saturated carbocycles. The number of nitrogens with one attached hydrogen (secondary N) is 3. The Morgan fingerprint density at radius 2 is 1.38 bits per heavy atom. The van der Waals surface area contributed by atoms with Crippen LogP contribution < -0.4 is 10.2 Å². The van der Waals surface area contributed by atoms with E-state index in [-0.39, 0.29) is 0 Å². The molecule has 0 radical (unpaired) electrons. The largest absolute Gasteiger partial charge is 0.355 e. The molecule has 0 spiro atoms. The van der Waals surface area contributed by atoms with Crippen molar-refractivity contribution in [2.75, 3.05) is 30.4 Å². The van der Waals surface area contributed by atoms with E-state index in [1.165, 1.54) is 38.2 Å². The van der Waals surface area contributed by atoms with Gasteiger partial charge in [0.15, 0.2) is 0 Å². The van der Waals surface area contributed by atoms with E-state index in [1.54, 1.807) is 12.7 Å². The van der Waals surface area contributed by atoms with Crippen LogP contribution in [0.5, 0.6) is 0 Å². The van der Waals surface area contributed by atoms with E-state index in [1.807, 2.05) is 10.7 Å². The van der Waals surface area contributed by atoms with Crippen molar-refractivity contribution in [3.8, 4) is 0 Å². The average molecular weight is 681 g/mol. The Hall–Kier alpha value is -6.38. The van der Waals surface area contributed by atoms with E-state index in [4.69, 9.17) is 0 Å². The quantitative estimate of drug-likeness (QED) is 0.120. The van der Waals surface area contributed by atoms with E-state index in [2.05, 4.69) is 170 Å². The summed E-state index contributed by atoms with van der Waals surface area (Å²) in [6.07, 6.45) is 4.29. The van der Waals surface area contributed by atoms with Gasteiger partial charge in [-0.3, -0.25) is 4.68 Å². The molecule has 0 aliphatic carbocycles. The summed E-state index contributed by atoms with van der Waals surface area (Å²) in [5.41, 5.74) is 11.7. The Morgan fingerprint density at radius 1 is 0.635 bits per heavy atom. The highest BCUT2D eigenvalue weighted by Gasteiger charge is 2.15. The first-order chi connectivity index (χ1) is 25.6. The van der Waals surface area contributed by atoms with Crippen molar-refractivity contribution < 1.29 is 0 Å². The predicted molar refractivity (Wildman–Crippen MR) is 215 cm³/mol. The number of anilines is 4. The van der Waals surface area contributed by atoms with Crippen molar-refractivity contribution in [1.82, 2.24) is 29.6 Å². The Kier molecular flexibility index (Phi) is 8.34. The number of nitrogens with zero attached hydrogens (tertiary/aromatic N) is 5. The minimum Gasteiger partial charge on any atom is -0.355 e. The lowest BCUT2D eigenvalue weighted by atomic mass is 10.0. The van der Waals surface area contributed by atoms with Crippen molar-refractivity contribution >= 4 is 66.4 Å². The van der Waals surface area contributed by atoms with Crippen LogP contribution in [0.15, 0.2) is 146 Å². The molecule has 3 heterocycles. The fourth-order valence-corrected chi connectivity index (χ4v) is 7.47. The Morgan fingerprint density at radius 3 is 2.21 bits per heavy atom. The maximum Gasteiger partial charge on any atom is 0.137 e. The molecule has 0 aliphatic heterocycles. The number of benzene rings is 6. The SMILES string of the molecule is CN(CCc1cc(Nc2ccccc2)cc2c1[nH]c1ccccc12)Cc1cccc(N(CCn2cncn2)c2ccc3[nH]c4ccccc4c3c2)c1. The number of fused-ring (bicyclic) bond motifs is 6. The topological polar surface area (TPSA) is 80.8 Å². The highest BCUT2D eigenvalue weighted by atomic mass is 15.3. The van der Waals surface area contributed by atoms with Gasteiger partial charge in [-0.15, -0.1) is 0 Å². The van der Waals surface area contributed by atoms with Crippen LogP contribution >= 0.6 is 0 Å². The lowest BCUT2D eigenvalue weighted by Crippen LogP contribution is -2.24. The van der Waals surface area contributed by atoms with E-state index in [0.29, 0.717) is 0 Å². The average Bonchev–Trinajstić information content (AvgIpc) is 3.92. The lowest BCUT2D eigenvalue weighted by Gasteiger charge is -2.26. The van der Waals surface area contributed by atoms with Crippen LogP contribution in [0.4, 0.5) is 22.7 Å². The van der Waals surface area contributed by atoms with Crippen molar-refractivity contribution in [2.24, 2.45) is 0 Å². The van der Waals surface area contributed by atoms with Crippen LogP contribution in [0.25, 0.3) is 43.6 Å². The van der Waals surface area contributed by atoms with E-state index in [0.717, 1.165) is 71.9 Å². The van der Waals surface area contributed by atoms with E-state index in [9.17, 15) is 0 Å². The second-order valence-corrected chi connectivity index (χ2v) is 13.6. The third kappa shape index (κ3) is 6.36. The van der Waals surface area contributed by atoms with Gasteiger partial charge in [0.2, 0.25) is 0 Å². The molecule has 8 nitrogen and oxygen atoms in total. The zero-order valence-corrected chi connectivity index (χ0v) is 29.1. The van der Waals surface area contributed by atoms with Gasteiger partial charge in [0, 0.05) is 86.0 Å². The van der Waals surface area contributed by atoms with Gasteiger partial charge >= 0.3 is 0 Å². The number of aromatic amines is 2. The molecule has 8 heteroatoms. The van der Waals surface area contributed by atoms with E-state index < -0.39 is 0 Å². The lowest BCUT2D eigenvalue weighted by molar-refractivity contribution is 0.331. The minimum atomic E-state index is 0.719. The van der Waals surface area contributed by atoms with Crippen LogP contribution in [0, 0.1) is 0 Å². The Bertz CT molecular complexity index is 2620. The predicted octanol–water partition coefficient (Wildman–Crippen LogP) is 9.80. The number of aromatic nitrogens is 5. The third-order valence-corrected chi connectivity index (χ3v) is 10.0. The molecular weight excluding hydrogens is 641 g/mol. The Labute approximate surface area is 302 Å². The van der Waals surface area contributed by atoms with Gasteiger partial charge in [-0.2, -0.15) is 5.10 Å². The molecule has 9 aromatic rings. The first-order valence-electron chi connectivity index (χ1n) is 17.9. The zero-order chi connectivity index (χ0) is 34.9. The summed E-state index contributed by atoms with van der Waals surface area (Å²) in [6.45, 7) is 3.22. The summed E-state index contributed by atoms with van der Waals surface area (Å²) >= 11 is 0. The van der Waals surface area contributed by atoms with Crippen LogP contribution in [0.2, 0.25) is 0 Å². The number of hydrogen-bond donors (Lipinski definition) is 3. The van der Waals surface area contributed by atoms with E-state index >= 15 is 0 Å². The fourth-order valence-electron chi connectivity index (χ4n) is 7.47. The van der Waals surface area contributed by atoms with Crippen LogP contribution in [0.1, 0.15) is 11.1 Å². The van der Waals surface area contributed by atoms with Crippen molar-refractivity contribution in [3.63, 3.8) is 0 Å². The number of hydrogen-bond acceptors (Lipinski definition) is 5. The van der Waals surface area contributed by atoms with Gasteiger partial charge in [-0.25, -0.2) is 4.98 Å². The molecular formula is C44H40N8. The molecule has 256 valence electrons. The van der Waals surface area contributed by atoms with Crippen LogP contribution in [0.3, 0.4) is 0 Å². The summed E-state index contributed by atoms with van der Waals surface area (Å²) in [6, 6.07) is 47.7. The molecule has 0 atom stereocenters. The van der Waals surface area contributed by atoms with Crippen molar-refractivity contribution in [1.29, 1.82) is 0 Å². The molecule has 0 unspecified atom stereocenters. The summed E-state index contributed by atoms with van der Waals surface area (Å²) in [7, 11) is 2.22. The highest BCUT2D eigenvalue weighted by molar-refractivity contribution is 6.10. The number of para-hydroxylation sites is 3. The normalized spacial score (nSPS) is 11.7. The second-order valence-electron chi connectivity index (χ2n) is 13.6. The maximum absolute atomic E-state index is 4.38. The molecule has 9 rings (SSSR count). The number of likely N-dealkylation sites (N-methyl/N-ethyl adjacent to an activating group) is 1. The molecule has 0 amide bonds. The third-order valence-electron chi connectivity index (χ3n) is 10.0. The van der Waals surface area contributed by atoms with Gasteiger partial charge in [-0.1, -0.05) is 66.7 Å². The smallest absolute Gasteiger partial charge is 0.137 e. The molecule has 3 aromatic heterocycles. The van der Waals surface area contributed by atoms with Crippen molar-refractivity contribution in [2.45, 2.75) is 19.5 Å². The van der Waals surface area contributed by atoms with Crippen LogP contribution in [-0.4, -0.2) is 49.8 Å².